The lowest BCUT2D eigenvalue weighted by atomic mass is 9.78. The molecule has 0 radical (unpaired) electrons. The largest absolute Gasteiger partial charge is 0.497 e. The van der Waals surface area contributed by atoms with Crippen molar-refractivity contribution in [2.45, 2.75) is 33.1 Å². The number of ether oxygens (including phenoxy) is 1. The third-order valence-electron chi connectivity index (χ3n) is 4.00. The van der Waals surface area contributed by atoms with Crippen LogP contribution < -0.4 is 4.74 Å². The second-order valence-electron chi connectivity index (χ2n) is 5.90. The van der Waals surface area contributed by atoms with Crippen LogP contribution in [0.15, 0.2) is 23.8 Å². The molecule has 2 rings (SSSR count). The van der Waals surface area contributed by atoms with Crippen LogP contribution in [0.2, 0.25) is 0 Å². The van der Waals surface area contributed by atoms with E-state index in [4.69, 9.17) is 10.00 Å². The molecule has 4 heteroatoms. The van der Waals surface area contributed by atoms with Gasteiger partial charge in [0.15, 0.2) is 0 Å². The van der Waals surface area contributed by atoms with Crippen molar-refractivity contribution in [2.75, 3.05) is 7.11 Å². The lowest BCUT2D eigenvalue weighted by Gasteiger charge is -2.24. The Labute approximate surface area is 124 Å². The van der Waals surface area contributed by atoms with Gasteiger partial charge < -0.3 is 9.84 Å². The van der Waals surface area contributed by atoms with Crippen molar-refractivity contribution in [3.63, 3.8) is 0 Å². The fourth-order valence-electron chi connectivity index (χ4n) is 2.97. The molecular formula is C17H19NO3. The molecule has 0 heterocycles. The van der Waals surface area contributed by atoms with Gasteiger partial charge in [0.25, 0.3) is 0 Å². The topological polar surface area (TPSA) is 70.3 Å². The summed E-state index contributed by atoms with van der Waals surface area (Å²) in [5, 5.41) is 18.6. The molecule has 0 unspecified atom stereocenters. The van der Waals surface area contributed by atoms with Gasteiger partial charge in [0.1, 0.15) is 5.75 Å². The second kappa shape index (κ2) is 5.61. The molecule has 0 amide bonds. The number of nitriles is 1. The van der Waals surface area contributed by atoms with Gasteiger partial charge in [0, 0.05) is 17.4 Å². The van der Waals surface area contributed by atoms with Crippen molar-refractivity contribution in [2.24, 2.45) is 5.41 Å². The summed E-state index contributed by atoms with van der Waals surface area (Å²) < 4.78 is 5.21. The highest BCUT2D eigenvalue weighted by Gasteiger charge is 2.34. The van der Waals surface area contributed by atoms with Crippen molar-refractivity contribution in [1.29, 1.82) is 5.26 Å². The average Bonchev–Trinajstić information content (AvgIpc) is 2.80. The molecule has 0 aromatic heterocycles. The lowest BCUT2D eigenvalue weighted by molar-refractivity contribution is -0.133. The number of allylic oxidation sites excluding steroid dienone is 1. The van der Waals surface area contributed by atoms with E-state index < -0.39 is 11.4 Å². The summed E-state index contributed by atoms with van der Waals surface area (Å²) >= 11 is 0. The zero-order valence-electron chi connectivity index (χ0n) is 12.6. The maximum Gasteiger partial charge on any atom is 0.332 e. The summed E-state index contributed by atoms with van der Waals surface area (Å²) in [4.78, 5) is 11.7. The third kappa shape index (κ3) is 2.78. The number of rotatable bonds is 4. The number of carbonyl (C=O) groups is 1. The number of methoxy groups -OCH3 is 1. The summed E-state index contributed by atoms with van der Waals surface area (Å²) in [6, 6.07) is 7.82. The Balaban J connectivity index is 2.59. The van der Waals surface area contributed by atoms with Gasteiger partial charge in [0.2, 0.25) is 0 Å². The molecule has 0 aliphatic heterocycles. The molecule has 4 nitrogen and oxygen atoms in total. The SMILES string of the molecule is COc1ccc2c(c1)CCC2=C(C(=O)O)C(C)(C)CC#N. The Morgan fingerprint density at radius 2 is 2.14 bits per heavy atom. The van der Waals surface area contributed by atoms with Crippen LogP contribution in [0.3, 0.4) is 0 Å². The average molecular weight is 285 g/mol. The summed E-state index contributed by atoms with van der Waals surface area (Å²) in [7, 11) is 1.62. The number of fused-ring (bicyclic) bond motifs is 1. The van der Waals surface area contributed by atoms with Crippen LogP contribution in [0.4, 0.5) is 0 Å². The Kier molecular flexibility index (Phi) is 4.04. The number of aryl methyl sites for hydroxylation is 1. The Morgan fingerprint density at radius 1 is 1.43 bits per heavy atom. The molecule has 1 N–H and O–H groups in total. The zero-order chi connectivity index (χ0) is 15.6. The number of carboxylic acids is 1. The first-order chi connectivity index (χ1) is 9.90. The molecular weight excluding hydrogens is 266 g/mol. The number of carboxylic acid groups (broad SMARTS) is 1. The van der Waals surface area contributed by atoms with E-state index in [1.165, 1.54) is 0 Å². The molecule has 0 saturated carbocycles. The van der Waals surface area contributed by atoms with Crippen LogP contribution in [0.5, 0.6) is 5.75 Å². The van der Waals surface area contributed by atoms with Crippen LogP contribution in [-0.4, -0.2) is 18.2 Å². The minimum atomic E-state index is -0.936. The van der Waals surface area contributed by atoms with Gasteiger partial charge in [0.05, 0.1) is 13.2 Å². The molecule has 1 aromatic carbocycles. The summed E-state index contributed by atoms with van der Waals surface area (Å²) in [5.74, 6) is -0.155. The smallest absolute Gasteiger partial charge is 0.332 e. The van der Waals surface area contributed by atoms with Gasteiger partial charge in [-0.1, -0.05) is 19.9 Å². The molecule has 110 valence electrons. The normalized spacial score (nSPS) is 16.1. The number of hydrogen-bond donors (Lipinski definition) is 1. The third-order valence-corrected chi connectivity index (χ3v) is 4.00. The Hall–Kier alpha value is -2.28. The molecule has 0 fully saturated rings. The van der Waals surface area contributed by atoms with Gasteiger partial charge in [-0.15, -0.1) is 0 Å². The molecule has 1 aliphatic carbocycles. The maximum absolute atomic E-state index is 11.7. The predicted molar refractivity (Wildman–Crippen MR) is 79.9 cm³/mol. The highest BCUT2D eigenvalue weighted by molar-refractivity contribution is 5.99. The monoisotopic (exact) mass is 285 g/mol. The quantitative estimate of drug-likeness (QED) is 0.860. The molecule has 1 aliphatic rings. The second-order valence-corrected chi connectivity index (χ2v) is 5.90. The number of aliphatic carboxylic acids is 1. The number of nitrogens with zero attached hydrogens (tertiary/aromatic N) is 1. The lowest BCUT2D eigenvalue weighted by Crippen LogP contribution is -2.22. The van der Waals surface area contributed by atoms with Gasteiger partial charge in [-0.05, 0) is 41.7 Å². The van der Waals surface area contributed by atoms with Gasteiger partial charge in [-0.3, -0.25) is 0 Å². The van der Waals surface area contributed by atoms with Crippen molar-refractivity contribution >= 4 is 11.5 Å². The molecule has 0 spiro atoms. The van der Waals surface area contributed by atoms with E-state index in [9.17, 15) is 9.90 Å². The highest BCUT2D eigenvalue weighted by atomic mass is 16.5. The van der Waals surface area contributed by atoms with E-state index in [1.54, 1.807) is 7.11 Å². The summed E-state index contributed by atoms with van der Waals surface area (Å²) in [6.45, 7) is 3.63. The Bertz CT molecular complexity index is 650. The number of hydrogen-bond acceptors (Lipinski definition) is 3. The molecule has 0 atom stereocenters. The van der Waals surface area contributed by atoms with Crippen LogP contribution in [-0.2, 0) is 11.2 Å². The van der Waals surface area contributed by atoms with E-state index >= 15 is 0 Å². The van der Waals surface area contributed by atoms with Crippen molar-refractivity contribution in [3.05, 3.63) is 34.9 Å². The zero-order valence-corrected chi connectivity index (χ0v) is 12.6. The van der Waals surface area contributed by atoms with Gasteiger partial charge in [-0.2, -0.15) is 5.26 Å². The summed E-state index contributed by atoms with van der Waals surface area (Å²) in [6.07, 6.45) is 1.68. The Morgan fingerprint density at radius 3 is 2.71 bits per heavy atom. The van der Waals surface area contributed by atoms with Gasteiger partial charge >= 0.3 is 5.97 Å². The fourth-order valence-corrected chi connectivity index (χ4v) is 2.97. The molecule has 1 aromatic rings. The number of benzene rings is 1. The van der Waals surface area contributed by atoms with Gasteiger partial charge in [-0.25, -0.2) is 4.79 Å². The van der Waals surface area contributed by atoms with E-state index in [-0.39, 0.29) is 6.42 Å². The van der Waals surface area contributed by atoms with Crippen molar-refractivity contribution in [1.82, 2.24) is 0 Å². The fraction of sp³-hybridized carbons (Fsp3) is 0.412. The first kappa shape index (κ1) is 15.1. The van der Waals surface area contributed by atoms with E-state index in [1.807, 2.05) is 32.0 Å². The minimum absolute atomic E-state index is 0.184. The van der Waals surface area contributed by atoms with Crippen LogP contribution in [0.25, 0.3) is 5.57 Å². The van der Waals surface area contributed by atoms with Crippen LogP contribution >= 0.6 is 0 Å². The first-order valence-electron chi connectivity index (χ1n) is 6.92. The highest BCUT2D eigenvalue weighted by Crippen LogP contribution is 2.43. The minimum Gasteiger partial charge on any atom is -0.497 e. The van der Waals surface area contributed by atoms with E-state index in [2.05, 4.69) is 6.07 Å². The molecule has 0 saturated heterocycles. The summed E-state index contributed by atoms with van der Waals surface area (Å²) in [5.41, 5.74) is 2.61. The van der Waals surface area contributed by atoms with Crippen molar-refractivity contribution < 1.29 is 14.6 Å². The van der Waals surface area contributed by atoms with E-state index in [0.717, 1.165) is 28.9 Å². The van der Waals surface area contributed by atoms with Crippen LogP contribution in [0.1, 0.15) is 37.8 Å². The first-order valence-corrected chi connectivity index (χ1v) is 6.92. The van der Waals surface area contributed by atoms with E-state index in [0.29, 0.717) is 12.0 Å². The predicted octanol–water partition coefficient (Wildman–Crippen LogP) is 3.42. The standard InChI is InChI=1S/C17H19NO3/c1-17(2,8-9-18)15(16(19)20)14-6-4-11-10-12(21-3)5-7-13(11)14/h5,7,10H,4,6,8H2,1-3H3,(H,19,20). The molecule has 0 bridgehead atoms. The van der Waals surface area contributed by atoms with Crippen molar-refractivity contribution in [3.8, 4) is 11.8 Å². The maximum atomic E-state index is 11.7. The van der Waals surface area contributed by atoms with Crippen LogP contribution in [0, 0.1) is 16.7 Å². The molecule has 21 heavy (non-hydrogen) atoms.